The number of ether oxygens (including phenoxy) is 1. The molecular weight excluding hydrogens is 301 g/mol. The van der Waals surface area contributed by atoms with Gasteiger partial charge < -0.3 is 10.5 Å². The van der Waals surface area contributed by atoms with E-state index in [0.717, 1.165) is 16.3 Å². The maximum atomic E-state index is 6.01. The molecule has 0 atom stereocenters. The lowest BCUT2D eigenvalue weighted by atomic mass is 10.3. The molecule has 5 heteroatoms. The zero-order valence-corrected chi connectivity index (χ0v) is 12.4. The highest BCUT2D eigenvalue weighted by Crippen LogP contribution is 2.32. The third-order valence-electron chi connectivity index (χ3n) is 2.40. The molecule has 0 radical (unpaired) electrons. The highest BCUT2D eigenvalue weighted by Gasteiger charge is 2.06. The van der Waals surface area contributed by atoms with Crippen molar-refractivity contribution >= 4 is 40.7 Å². The molecule has 0 aromatic heterocycles. The van der Waals surface area contributed by atoms with Crippen LogP contribution in [0.1, 0.15) is 0 Å². The number of hydrogen-bond donors (Lipinski definition) is 1. The summed E-state index contributed by atoms with van der Waals surface area (Å²) >= 11 is 13.7. The monoisotopic (exact) mass is 313 g/mol. The minimum absolute atomic E-state index is 0.532. The van der Waals surface area contributed by atoms with Crippen LogP contribution >= 0.6 is 35.0 Å². The molecule has 19 heavy (non-hydrogen) atoms. The first-order valence-corrected chi connectivity index (χ1v) is 7.46. The SMILES string of the molecule is Nc1ccc(SCCOc2c(Cl)cccc2Cl)cc1. The Bertz CT molecular complexity index is 525. The first kappa shape index (κ1) is 14.4. The fourth-order valence-electron chi connectivity index (χ4n) is 1.49. The number of rotatable bonds is 5. The van der Waals surface area contributed by atoms with Crippen molar-refractivity contribution in [3.05, 3.63) is 52.5 Å². The zero-order chi connectivity index (χ0) is 13.7. The molecule has 0 aliphatic rings. The predicted molar refractivity (Wildman–Crippen MR) is 83.5 cm³/mol. The second-order valence-corrected chi connectivity index (χ2v) is 5.80. The Hall–Kier alpha value is -1.03. The molecule has 0 bridgehead atoms. The van der Waals surface area contributed by atoms with Gasteiger partial charge in [0.05, 0.1) is 16.7 Å². The van der Waals surface area contributed by atoms with Gasteiger partial charge >= 0.3 is 0 Å². The smallest absolute Gasteiger partial charge is 0.156 e. The third-order valence-corrected chi connectivity index (χ3v) is 3.97. The van der Waals surface area contributed by atoms with Crippen LogP contribution < -0.4 is 10.5 Å². The van der Waals surface area contributed by atoms with Crippen LogP contribution in [0.15, 0.2) is 47.4 Å². The Labute approximate surface area is 126 Å². The molecule has 0 unspecified atom stereocenters. The molecule has 0 spiro atoms. The van der Waals surface area contributed by atoms with Gasteiger partial charge in [-0.2, -0.15) is 0 Å². The molecule has 2 rings (SSSR count). The topological polar surface area (TPSA) is 35.2 Å². The van der Waals surface area contributed by atoms with Crippen molar-refractivity contribution in [1.82, 2.24) is 0 Å². The van der Waals surface area contributed by atoms with Crippen molar-refractivity contribution in [3.63, 3.8) is 0 Å². The van der Waals surface area contributed by atoms with Crippen LogP contribution in [0.25, 0.3) is 0 Å². The van der Waals surface area contributed by atoms with Crippen LogP contribution in [0.4, 0.5) is 5.69 Å². The quantitative estimate of drug-likeness (QED) is 0.491. The lowest BCUT2D eigenvalue weighted by molar-refractivity contribution is 0.344. The third kappa shape index (κ3) is 4.23. The van der Waals surface area contributed by atoms with Crippen LogP contribution in [-0.2, 0) is 0 Å². The highest BCUT2D eigenvalue weighted by atomic mass is 35.5. The number of halogens is 2. The summed E-state index contributed by atoms with van der Waals surface area (Å²) in [5, 5.41) is 1.06. The van der Waals surface area contributed by atoms with Crippen LogP contribution in [0.2, 0.25) is 10.0 Å². The van der Waals surface area contributed by atoms with E-state index >= 15 is 0 Å². The second kappa shape index (κ2) is 6.94. The van der Waals surface area contributed by atoms with Crippen molar-refractivity contribution in [3.8, 4) is 5.75 Å². The predicted octanol–water partition coefficient (Wildman–Crippen LogP) is 4.75. The standard InChI is InChI=1S/C14H13Cl2NOS/c15-12-2-1-3-13(16)14(12)18-8-9-19-11-6-4-10(17)5-7-11/h1-7H,8-9,17H2. The molecule has 2 N–H and O–H groups in total. The summed E-state index contributed by atoms with van der Waals surface area (Å²) in [6.45, 7) is 0.540. The van der Waals surface area contributed by atoms with Gasteiger partial charge in [0.2, 0.25) is 0 Å². The van der Waals surface area contributed by atoms with Crippen LogP contribution in [0.5, 0.6) is 5.75 Å². The summed E-state index contributed by atoms with van der Waals surface area (Å²) in [5.41, 5.74) is 6.39. The number of nitrogen functional groups attached to an aromatic ring is 1. The Morgan fingerprint density at radius 2 is 1.63 bits per heavy atom. The fourth-order valence-corrected chi connectivity index (χ4v) is 2.73. The lowest BCUT2D eigenvalue weighted by Crippen LogP contribution is -2.01. The van der Waals surface area contributed by atoms with Gasteiger partial charge in [0.1, 0.15) is 0 Å². The van der Waals surface area contributed by atoms with Crippen molar-refractivity contribution in [1.29, 1.82) is 0 Å². The van der Waals surface area contributed by atoms with Crippen molar-refractivity contribution in [2.75, 3.05) is 18.1 Å². The van der Waals surface area contributed by atoms with E-state index in [1.807, 2.05) is 24.3 Å². The minimum Gasteiger partial charge on any atom is -0.490 e. The van der Waals surface area contributed by atoms with Crippen LogP contribution in [0.3, 0.4) is 0 Å². The molecular formula is C14H13Cl2NOS. The molecule has 0 saturated carbocycles. The highest BCUT2D eigenvalue weighted by molar-refractivity contribution is 7.99. The summed E-state index contributed by atoms with van der Waals surface area (Å²) < 4.78 is 5.60. The maximum Gasteiger partial charge on any atom is 0.156 e. The Morgan fingerprint density at radius 3 is 2.26 bits per heavy atom. The van der Waals surface area contributed by atoms with E-state index in [-0.39, 0.29) is 0 Å². The van der Waals surface area contributed by atoms with E-state index in [9.17, 15) is 0 Å². The number of thioether (sulfide) groups is 1. The minimum atomic E-state index is 0.532. The summed E-state index contributed by atoms with van der Waals surface area (Å²) in [7, 11) is 0. The molecule has 0 amide bonds. The van der Waals surface area contributed by atoms with E-state index in [0.29, 0.717) is 22.4 Å². The van der Waals surface area contributed by atoms with Gasteiger partial charge in [0, 0.05) is 16.3 Å². The Kier molecular flexibility index (Phi) is 5.25. The molecule has 0 saturated heterocycles. The molecule has 0 fully saturated rings. The van der Waals surface area contributed by atoms with E-state index < -0.39 is 0 Å². The van der Waals surface area contributed by atoms with Crippen molar-refractivity contribution in [2.24, 2.45) is 0 Å². The van der Waals surface area contributed by atoms with E-state index in [1.54, 1.807) is 30.0 Å². The molecule has 0 heterocycles. The molecule has 0 aliphatic carbocycles. The Morgan fingerprint density at radius 1 is 1.00 bits per heavy atom. The second-order valence-electron chi connectivity index (χ2n) is 3.82. The molecule has 100 valence electrons. The lowest BCUT2D eigenvalue weighted by Gasteiger charge is -2.09. The number of anilines is 1. The van der Waals surface area contributed by atoms with Crippen molar-refractivity contribution < 1.29 is 4.74 Å². The normalized spacial score (nSPS) is 10.4. The average molecular weight is 314 g/mol. The summed E-state index contributed by atoms with van der Waals surface area (Å²) in [5.74, 6) is 1.36. The fraction of sp³-hybridized carbons (Fsp3) is 0.143. The first-order valence-electron chi connectivity index (χ1n) is 5.72. The molecule has 2 nitrogen and oxygen atoms in total. The van der Waals surface area contributed by atoms with Gasteiger partial charge in [-0.1, -0.05) is 29.3 Å². The summed E-state index contributed by atoms with van der Waals surface area (Å²) in [6.07, 6.45) is 0. The number of para-hydroxylation sites is 1. The van der Waals surface area contributed by atoms with Crippen LogP contribution in [-0.4, -0.2) is 12.4 Å². The maximum absolute atomic E-state index is 6.01. The zero-order valence-electron chi connectivity index (χ0n) is 10.1. The van der Waals surface area contributed by atoms with Gasteiger partial charge in [0.25, 0.3) is 0 Å². The summed E-state index contributed by atoms with van der Waals surface area (Å²) in [6, 6.07) is 13.1. The van der Waals surface area contributed by atoms with Gasteiger partial charge in [0.15, 0.2) is 5.75 Å². The van der Waals surface area contributed by atoms with Crippen LogP contribution in [0, 0.1) is 0 Å². The summed E-state index contributed by atoms with van der Waals surface area (Å²) in [4.78, 5) is 1.16. The largest absolute Gasteiger partial charge is 0.490 e. The molecule has 2 aromatic rings. The van der Waals surface area contributed by atoms with Gasteiger partial charge in [-0.05, 0) is 36.4 Å². The van der Waals surface area contributed by atoms with Gasteiger partial charge in [-0.15, -0.1) is 11.8 Å². The number of nitrogens with two attached hydrogens (primary N) is 1. The van der Waals surface area contributed by atoms with E-state index in [2.05, 4.69) is 0 Å². The first-order chi connectivity index (χ1) is 9.16. The van der Waals surface area contributed by atoms with E-state index in [1.165, 1.54) is 0 Å². The van der Waals surface area contributed by atoms with Crippen molar-refractivity contribution in [2.45, 2.75) is 4.90 Å². The molecule has 0 aliphatic heterocycles. The van der Waals surface area contributed by atoms with Gasteiger partial charge in [-0.25, -0.2) is 0 Å². The van der Waals surface area contributed by atoms with Gasteiger partial charge in [-0.3, -0.25) is 0 Å². The number of benzene rings is 2. The van der Waals surface area contributed by atoms with E-state index in [4.69, 9.17) is 33.7 Å². The molecule has 2 aromatic carbocycles. The number of hydrogen-bond acceptors (Lipinski definition) is 3. The average Bonchev–Trinajstić information content (AvgIpc) is 2.39. The Balaban J connectivity index is 1.82.